The van der Waals surface area contributed by atoms with Gasteiger partial charge >= 0.3 is 6.03 Å². The van der Waals surface area contributed by atoms with Gasteiger partial charge in [-0.15, -0.1) is 0 Å². The smallest absolute Gasteiger partial charge is 0.321 e. The molecule has 0 atom stereocenters. The minimum absolute atomic E-state index is 0.179. The van der Waals surface area contributed by atoms with Crippen LogP contribution in [0, 0.1) is 0 Å². The highest BCUT2D eigenvalue weighted by atomic mass is 16.5. The topological polar surface area (TPSA) is 54.5 Å². The lowest BCUT2D eigenvalue weighted by Crippen LogP contribution is -2.30. The molecule has 0 fully saturated rings. The van der Waals surface area contributed by atoms with Gasteiger partial charge in [-0.1, -0.05) is 12.1 Å². The summed E-state index contributed by atoms with van der Waals surface area (Å²) in [4.78, 5) is 17.7. The third kappa shape index (κ3) is 3.71. The minimum Gasteiger partial charge on any atom is -0.497 e. The zero-order chi connectivity index (χ0) is 14.4. The SMILES string of the molecule is COc1cccc(NC(=O)N(C)Cc2cccnc2)c1. The monoisotopic (exact) mass is 271 g/mol. The summed E-state index contributed by atoms with van der Waals surface area (Å²) in [6, 6.07) is 10.9. The molecule has 0 saturated heterocycles. The van der Waals surface area contributed by atoms with Gasteiger partial charge in [-0.25, -0.2) is 4.79 Å². The van der Waals surface area contributed by atoms with Crippen molar-refractivity contribution < 1.29 is 9.53 Å². The molecular weight excluding hydrogens is 254 g/mol. The van der Waals surface area contributed by atoms with Gasteiger partial charge in [-0.3, -0.25) is 4.98 Å². The molecule has 0 unspecified atom stereocenters. The number of aromatic nitrogens is 1. The highest BCUT2D eigenvalue weighted by Crippen LogP contribution is 2.17. The number of pyridine rings is 1. The van der Waals surface area contributed by atoms with Crippen molar-refractivity contribution in [1.29, 1.82) is 0 Å². The fraction of sp³-hybridized carbons (Fsp3) is 0.200. The van der Waals surface area contributed by atoms with E-state index in [0.29, 0.717) is 18.0 Å². The largest absolute Gasteiger partial charge is 0.497 e. The van der Waals surface area contributed by atoms with E-state index in [1.54, 1.807) is 37.5 Å². The first-order chi connectivity index (χ1) is 9.69. The molecule has 1 N–H and O–H groups in total. The van der Waals surface area contributed by atoms with Crippen molar-refractivity contribution in [3.8, 4) is 5.75 Å². The number of carbonyl (C=O) groups excluding carboxylic acids is 1. The number of amides is 2. The molecule has 0 radical (unpaired) electrons. The normalized spacial score (nSPS) is 9.90. The molecule has 2 aromatic rings. The molecule has 0 spiro atoms. The number of hydrogen-bond donors (Lipinski definition) is 1. The number of urea groups is 1. The Morgan fingerprint density at radius 3 is 2.90 bits per heavy atom. The Balaban J connectivity index is 1.97. The van der Waals surface area contributed by atoms with Crippen molar-refractivity contribution in [3.05, 3.63) is 54.4 Å². The Morgan fingerprint density at radius 2 is 2.20 bits per heavy atom. The van der Waals surface area contributed by atoms with Crippen LogP contribution in [0.5, 0.6) is 5.75 Å². The van der Waals surface area contributed by atoms with Gasteiger partial charge in [-0.2, -0.15) is 0 Å². The number of anilines is 1. The molecule has 2 rings (SSSR count). The lowest BCUT2D eigenvalue weighted by molar-refractivity contribution is 0.220. The van der Waals surface area contributed by atoms with E-state index >= 15 is 0 Å². The van der Waals surface area contributed by atoms with Crippen molar-refractivity contribution in [2.75, 3.05) is 19.5 Å². The predicted octanol–water partition coefficient (Wildman–Crippen LogP) is 2.75. The number of hydrogen-bond acceptors (Lipinski definition) is 3. The quantitative estimate of drug-likeness (QED) is 0.930. The molecule has 5 heteroatoms. The summed E-state index contributed by atoms with van der Waals surface area (Å²) in [6.45, 7) is 0.504. The summed E-state index contributed by atoms with van der Waals surface area (Å²) in [5.74, 6) is 0.706. The Morgan fingerprint density at radius 1 is 1.35 bits per heavy atom. The third-order valence-electron chi connectivity index (χ3n) is 2.81. The summed E-state index contributed by atoms with van der Waals surface area (Å²) in [6.07, 6.45) is 3.45. The van der Waals surface area contributed by atoms with Gasteiger partial charge in [0.25, 0.3) is 0 Å². The molecule has 104 valence electrons. The maximum absolute atomic E-state index is 12.1. The fourth-order valence-electron chi connectivity index (χ4n) is 1.76. The fourth-order valence-corrected chi connectivity index (χ4v) is 1.76. The van der Waals surface area contributed by atoms with Gasteiger partial charge in [0.1, 0.15) is 5.75 Å². The van der Waals surface area contributed by atoms with E-state index in [-0.39, 0.29) is 6.03 Å². The summed E-state index contributed by atoms with van der Waals surface area (Å²) in [5.41, 5.74) is 1.68. The number of rotatable bonds is 4. The van der Waals surface area contributed by atoms with Crippen LogP contribution < -0.4 is 10.1 Å². The lowest BCUT2D eigenvalue weighted by Gasteiger charge is -2.18. The number of benzene rings is 1. The van der Waals surface area contributed by atoms with E-state index in [1.807, 2.05) is 30.3 Å². The van der Waals surface area contributed by atoms with Crippen LogP contribution in [-0.2, 0) is 6.54 Å². The summed E-state index contributed by atoms with van der Waals surface area (Å²) in [5, 5.41) is 2.82. The second-order valence-corrected chi connectivity index (χ2v) is 4.38. The molecule has 20 heavy (non-hydrogen) atoms. The average molecular weight is 271 g/mol. The number of carbonyl (C=O) groups is 1. The molecule has 0 bridgehead atoms. The van der Waals surface area contributed by atoms with Gasteiger partial charge in [-0.05, 0) is 23.8 Å². The molecular formula is C15H17N3O2. The standard InChI is InChI=1S/C15H17N3O2/c1-18(11-12-5-4-8-16-10-12)15(19)17-13-6-3-7-14(9-13)20-2/h3-10H,11H2,1-2H3,(H,17,19). The van der Waals surface area contributed by atoms with Crippen LogP contribution in [-0.4, -0.2) is 30.1 Å². The highest BCUT2D eigenvalue weighted by molar-refractivity contribution is 5.89. The van der Waals surface area contributed by atoms with Crippen molar-refractivity contribution in [2.24, 2.45) is 0 Å². The summed E-state index contributed by atoms with van der Waals surface area (Å²) in [7, 11) is 3.33. The van der Waals surface area contributed by atoms with Crippen LogP contribution in [0.1, 0.15) is 5.56 Å². The first kappa shape index (κ1) is 13.9. The molecule has 0 aliphatic heterocycles. The Bertz CT molecular complexity index is 572. The molecule has 1 aromatic heterocycles. The maximum atomic E-state index is 12.1. The number of ether oxygens (including phenoxy) is 1. The van der Waals surface area contributed by atoms with Crippen molar-refractivity contribution in [1.82, 2.24) is 9.88 Å². The van der Waals surface area contributed by atoms with E-state index in [9.17, 15) is 4.79 Å². The number of nitrogens with zero attached hydrogens (tertiary/aromatic N) is 2. The molecule has 5 nitrogen and oxygen atoms in total. The molecule has 2 amide bonds. The van der Waals surface area contributed by atoms with Gasteiger partial charge in [0.05, 0.1) is 7.11 Å². The van der Waals surface area contributed by atoms with Gasteiger partial charge < -0.3 is 15.0 Å². The van der Waals surface area contributed by atoms with Crippen LogP contribution in [0.3, 0.4) is 0 Å². The van der Waals surface area contributed by atoms with Crippen LogP contribution in [0.4, 0.5) is 10.5 Å². The molecule has 0 aliphatic carbocycles. The second kappa shape index (κ2) is 6.56. The Hall–Kier alpha value is -2.56. The van der Waals surface area contributed by atoms with Gasteiger partial charge in [0, 0.05) is 37.7 Å². The van der Waals surface area contributed by atoms with E-state index in [0.717, 1.165) is 5.56 Å². The number of methoxy groups -OCH3 is 1. The van der Waals surface area contributed by atoms with E-state index in [4.69, 9.17) is 4.74 Å². The lowest BCUT2D eigenvalue weighted by atomic mass is 10.3. The molecule has 0 aliphatic rings. The molecule has 1 heterocycles. The van der Waals surface area contributed by atoms with Crippen molar-refractivity contribution in [3.63, 3.8) is 0 Å². The summed E-state index contributed by atoms with van der Waals surface area (Å²) >= 11 is 0. The zero-order valence-electron chi connectivity index (χ0n) is 11.5. The van der Waals surface area contributed by atoms with Crippen LogP contribution in [0.2, 0.25) is 0 Å². The molecule has 0 saturated carbocycles. The maximum Gasteiger partial charge on any atom is 0.321 e. The Kier molecular flexibility index (Phi) is 4.55. The summed E-state index contributed by atoms with van der Waals surface area (Å²) < 4.78 is 5.12. The third-order valence-corrected chi connectivity index (χ3v) is 2.81. The highest BCUT2D eigenvalue weighted by Gasteiger charge is 2.09. The minimum atomic E-state index is -0.179. The van der Waals surface area contributed by atoms with Crippen LogP contribution >= 0.6 is 0 Å². The van der Waals surface area contributed by atoms with Gasteiger partial charge in [0.2, 0.25) is 0 Å². The molecule has 1 aromatic carbocycles. The first-order valence-corrected chi connectivity index (χ1v) is 6.24. The Labute approximate surface area is 118 Å². The second-order valence-electron chi connectivity index (χ2n) is 4.38. The van der Waals surface area contributed by atoms with Crippen LogP contribution in [0.25, 0.3) is 0 Å². The average Bonchev–Trinajstić information content (AvgIpc) is 2.48. The zero-order valence-corrected chi connectivity index (χ0v) is 11.5. The predicted molar refractivity (Wildman–Crippen MR) is 77.7 cm³/mol. The van der Waals surface area contributed by atoms with Gasteiger partial charge in [0.15, 0.2) is 0 Å². The van der Waals surface area contributed by atoms with E-state index in [1.165, 1.54) is 0 Å². The van der Waals surface area contributed by atoms with E-state index in [2.05, 4.69) is 10.3 Å². The van der Waals surface area contributed by atoms with E-state index < -0.39 is 0 Å². The first-order valence-electron chi connectivity index (χ1n) is 6.24. The van der Waals surface area contributed by atoms with Crippen molar-refractivity contribution >= 4 is 11.7 Å². The van der Waals surface area contributed by atoms with Crippen LogP contribution in [0.15, 0.2) is 48.8 Å². The number of nitrogens with one attached hydrogen (secondary N) is 1. The van der Waals surface area contributed by atoms with Crippen molar-refractivity contribution in [2.45, 2.75) is 6.54 Å².